The second-order valence-electron chi connectivity index (χ2n) is 8.06. The van der Waals surface area contributed by atoms with Crippen molar-refractivity contribution < 1.29 is 22.7 Å². The Labute approximate surface area is 200 Å². The lowest BCUT2D eigenvalue weighted by Crippen LogP contribution is -2.31. The minimum Gasteiger partial charge on any atom is -0.453 e. The van der Waals surface area contributed by atoms with Crippen molar-refractivity contribution in [2.75, 3.05) is 18.4 Å². The summed E-state index contributed by atoms with van der Waals surface area (Å²) in [5.74, 6) is -0.988. The molecule has 1 unspecified atom stereocenters. The van der Waals surface area contributed by atoms with Gasteiger partial charge in [0.05, 0.1) is 15.6 Å². The fourth-order valence-corrected chi connectivity index (χ4v) is 5.31. The zero-order chi connectivity index (χ0) is 23.8. The molecule has 1 amide bonds. The Kier molecular flexibility index (Phi) is 8.88. The Hall–Kier alpha value is -2.42. The summed E-state index contributed by atoms with van der Waals surface area (Å²) in [6, 6.07) is 13.4. The summed E-state index contributed by atoms with van der Waals surface area (Å²) in [4.78, 5) is 24.7. The molecule has 1 heterocycles. The standard InChI is InChI=1S/C24H29ClN2O5S/c1-18(24(29)26-22-9-5-4-8-21(22)25)32-23(28)15-12-19-10-13-20(14-11-19)33(30,31)27-16-6-2-3-7-17-27/h4-5,8-11,13-14,18H,2-3,6-7,12,15-17H2,1H3,(H,26,29). The van der Waals surface area contributed by atoms with Crippen LogP contribution in [-0.2, 0) is 30.8 Å². The number of amides is 1. The zero-order valence-corrected chi connectivity index (χ0v) is 20.2. The predicted molar refractivity (Wildman–Crippen MR) is 128 cm³/mol. The molecule has 0 radical (unpaired) electrons. The molecule has 1 atom stereocenters. The molecule has 2 aromatic carbocycles. The Morgan fingerprint density at radius 2 is 1.67 bits per heavy atom. The highest BCUT2D eigenvalue weighted by Gasteiger charge is 2.25. The minimum atomic E-state index is -3.50. The third kappa shape index (κ3) is 7.03. The van der Waals surface area contributed by atoms with Crippen LogP contribution in [-0.4, -0.2) is 43.8 Å². The van der Waals surface area contributed by atoms with Gasteiger partial charge in [0.2, 0.25) is 10.0 Å². The quantitative estimate of drug-likeness (QED) is 0.551. The lowest BCUT2D eigenvalue weighted by molar-refractivity contribution is -0.153. The maximum Gasteiger partial charge on any atom is 0.306 e. The number of nitrogens with one attached hydrogen (secondary N) is 1. The van der Waals surface area contributed by atoms with Crippen molar-refractivity contribution in [2.45, 2.75) is 56.4 Å². The van der Waals surface area contributed by atoms with E-state index in [0.717, 1.165) is 31.2 Å². The largest absolute Gasteiger partial charge is 0.453 e. The minimum absolute atomic E-state index is 0.0714. The van der Waals surface area contributed by atoms with Gasteiger partial charge in [0.25, 0.3) is 5.91 Å². The molecular weight excluding hydrogens is 464 g/mol. The van der Waals surface area contributed by atoms with Crippen LogP contribution in [0.25, 0.3) is 0 Å². The SMILES string of the molecule is CC(OC(=O)CCc1ccc(S(=O)(=O)N2CCCCCC2)cc1)C(=O)Nc1ccccc1Cl. The molecule has 1 saturated heterocycles. The molecule has 0 bridgehead atoms. The first kappa shape index (κ1) is 25.2. The number of rotatable bonds is 8. The topological polar surface area (TPSA) is 92.8 Å². The summed E-state index contributed by atoms with van der Waals surface area (Å²) < 4.78 is 32.5. The first-order chi connectivity index (χ1) is 15.8. The molecule has 1 fully saturated rings. The van der Waals surface area contributed by atoms with Gasteiger partial charge in [-0.1, -0.05) is 48.7 Å². The molecule has 1 N–H and O–H groups in total. The van der Waals surface area contributed by atoms with Crippen molar-refractivity contribution in [1.29, 1.82) is 0 Å². The van der Waals surface area contributed by atoms with E-state index in [9.17, 15) is 18.0 Å². The van der Waals surface area contributed by atoms with E-state index in [0.29, 0.717) is 30.2 Å². The lowest BCUT2D eigenvalue weighted by atomic mass is 10.1. The molecule has 1 aliphatic rings. The van der Waals surface area contributed by atoms with Crippen LogP contribution in [0, 0.1) is 0 Å². The molecule has 0 saturated carbocycles. The summed E-state index contributed by atoms with van der Waals surface area (Å²) >= 11 is 6.02. The molecule has 7 nitrogen and oxygen atoms in total. The number of esters is 1. The van der Waals surface area contributed by atoms with Gasteiger partial charge in [0.15, 0.2) is 6.10 Å². The van der Waals surface area contributed by atoms with Gasteiger partial charge in [0.1, 0.15) is 0 Å². The second kappa shape index (κ2) is 11.6. The molecule has 0 aromatic heterocycles. The van der Waals surface area contributed by atoms with E-state index in [1.165, 1.54) is 6.92 Å². The Morgan fingerprint density at radius 3 is 2.30 bits per heavy atom. The Morgan fingerprint density at radius 1 is 1.03 bits per heavy atom. The van der Waals surface area contributed by atoms with Crippen molar-refractivity contribution >= 4 is 39.2 Å². The lowest BCUT2D eigenvalue weighted by Gasteiger charge is -2.20. The van der Waals surface area contributed by atoms with Gasteiger partial charge in [-0.3, -0.25) is 9.59 Å². The number of sulfonamides is 1. The van der Waals surface area contributed by atoms with Crippen molar-refractivity contribution in [3.8, 4) is 0 Å². The van der Waals surface area contributed by atoms with Gasteiger partial charge in [-0.2, -0.15) is 4.31 Å². The average Bonchev–Trinajstić information content (AvgIpc) is 3.10. The van der Waals surface area contributed by atoms with Gasteiger partial charge >= 0.3 is 5.97 Å². The van der Waals surface area contributed by atoms with E-state index in [1.807, 2.05) is 0 Å². The van der Waals surface area contributed by atoms with E-state index in [2.05, 4.69) is 5.32 Å². The molecule has 33 heavy (non-hydrogen) atoms. The number of benzene rings is 2. The van der Waals surface area contributed by atoms with Crippen LogP contribution in [0.2, 0.25) is 5.02 Å². The number of para-hydroxylation sites is 1. The summed E-state index contributed by atoms with van der Waals surface area (Å²) in [5.41, 5.74) is 1.26. The number of carbonyl (C=O) groups is 2. The van der Waals surface area contributed by atoms with E-state index < -0.39 is 28.0 Å². The molecule has 1 aliphatic heterocycles. The van der Waals surface area contributed by atoms with Gasteiger partial charge in [-0.25, -0.2) is 8.42 Å². The summed E-state index contributed by atoms with van der Waals surface area (Å²) in [6.45, 7) is 2.60. The third-order valence-corrected chi connectivity index (χ3v) is 7.80. The van der Waals surface area contributed by atoms with Crippen molar-refractivity contribution in [2.24, 2.45) is 0 Å². The fraction of sp³-hybridized carbons (Fsp3) is 0.417. The van der Waals surface area contributed by atoms with E-state index in [1.54, 1.807) is 52.8 Å². The highest BCUT2D eigenvalue weighted by molar-refractivity contribution is 7.89. The van der Waals surface area contributed by atoms with Crippen LogP contribution in [0.15, 0.2) is 53.4 Å². The Bertz CT molecular complexity index is 1060. The second-order valence-corrected chi connectivity index (χ2v) is 10.4. The molecular formula is C24H29ClN2O5S. The first-order valence-electron chi connectivity index (χ1n) is 11.1. The summed E-state index contributed by atoms with van der Waals surface area (Å²) in [6.07, 6.45) is 3.35. The first-order valence-corrected chi connectivity index (χ1v) is 12.9. The highest BCUT2D eigenvalue weighted by Crippen LogP contribution is 2.22. The maximum absolute atomic E-state index is 12.9. The monoisotopic (exact) mass is 492 g/mol. The summed E-state index contributed by atoms with van der Waals surface area (Å²) in [7, 11) is -3.50. The average molecular weight is 493 g/mol. The number of aryl methyl sites for hydroxylation is 1. The van der Waals surface area contributed by atoms with Crippen molar-refractivity contribution in [3.05, 3.63) is 59.1 Å². The molecule has 2 aromatic rings. The van der Waals surface area contributed by atoms with E-state index >= 15 is 0 Å². The van der Waals surface area contributed by atoms with E-state index in [4.69, 9.17) is 16.3 Å². The van der Waals surface area contributed by atoms with Crippen LogP contribution in [0.4, 0.5) is 5.69 Å². The van der Waals surface area contributed by atoms with Crippen LogP contribution >= 0.6 is 11.6 Å². The molecule has 178 valence electrons. The van der Waals surface area contributed by atoms with Gasteiger partial charge < -0.3 is 10.1 Å². The molecule has 3 rings (SSSR count). The smallest absolute Gasteiger partial charge is 0.306 e. The molecule has 9 heteroatoms. The molecule has 0 aliphatic carbocycles. The highest BCUT2D eigenvalue weighted by atomic mass is 35.5. The van der Waals surface area contributed by atoms with Crippen LogP contribution in [0.5, 0.6) is 0 Å². The van der Waals surface area contributed by atoms with Gasteiger partial charge in [-0.05, 0) is 56.0 Å². The van der Waals surface area contributed by atoms with Gasteiger partial charge in [-0.15, -0.1) is 0 Å². The number of hydrogen-bond acceptors (Lipinski definition) is 5. The number of carbonyl (C=O) groups excluding carboxylic acids is 2. The van der Waals surface area contributed by atoms with Gasteiger partial charge in [0, 0.05) is 19.5 Å². The zero-order valence-electron chi connectivity index (χ0n) is 18.6. The number of halogens is 1. The maximum atomic E-state index is 12.9. The van der Waals surface area contributed by atoms with Crippen molar-refractivity contribution in [1.82, 2.24) is 4.31 Å². The normalized spacial score (nSPS) is 15.9. The van der Waals surface area contributed by atoms with Crippen LogP contribution < -0.4 is 5.32 Å². The number of nitrogens with zero attached hydrogens (tertiary/aromatic N) is 1. The summed E-state index contributed by atoms with van der Waals surface area (Å²) in [5, 5.41) is 3.03. The van der Waals surface area contributed by atoms with Crippen molar-refractivity contribution in [3.63, 3.8) is 0 Å². The van der Waals surface area contributed by atoms with Crippen LogP contribution in [0.3, 0.4) is 0 Å². The Balaban J connectivity index is 1.50. The number of hydrogen-bond donors (Lipinski definition) is 1. The fourth-order valence-electron chi connectivity index (χ4n) is 3.61. The van der Waals surface area contributed by atoms with Crippen LogP contribution in [0.1, 0.15) is 44.6 Å². The number of anilines is 1. The van der Waals surface area contributed by atoms with E-state index in [-0.39, 0.29) is 11.3 Å². The third-order valence-electron chi connectivity index (χ3n) is 5.55. The molecule has 0 spiro atoms. The predicted octanol–water partition coefficient (Wildman–Crippen LogP) is 4.41. The number of ether oxygens (including phenoxy) is 1.